The lowest BCUT2D eigenvalue weighted by atomic mass is 10.1. The summed E-state index contributed by atoms with van der Waals surface area (Å²) in [6, 6.07) is 12.3. The van der Waals surface area contributed by atoms with Crippen molar-refractivity contribution in [3.8, 4) is 0 Å². The van der Waals surface area contributed by atoms with Crippen LogP contribution in [0.4, 0.5) is 0 Å². The van der Waals surface area contributed by atoms with Gasteiger partial charge in [-0.1, -0.05) is 36.8 Å². The van der Waals surface area contributed by atoms with Crippen LogP contribution < -0.4 is 4.72 Å². The van der Waals surface area contributed by atoms with E-state index in [1.165, 1.54) is 31.2 Å². The first-order valence-corrected chi connectivity index (χ1v) is 9.64. The number of Topliss-reactive ketones (excluding diaryl/α,β-unsaturated/α-hetero) is 1. The molecule has 6 nitrogen and oxygen atoms in total. The van der Waals surface area contributed by atoms with Gasteiger partial charge in [-0.2, -0.15) is 0 Å². The van der Waals surface area contributed by atoms with Gasteiger partial charge in [0.15, 0.2) is 6.10 Å². The van der Waals surface area contributed by atoms with E-state index >= 15 is 0 Å². The second kappa shape index (κ2) is 8.25. The van der Waals surface area contributed by atoms with Crippen LogP contribution in [0.25, 0.3) is 0 Å². The molecule has 0 heterocycles. The van der Waals surface area contributed by atoms with Crippen LogP contribution >= 0.6 is 0 Å². The molecule has 0 aliphatic heterocycles. The van der Waals surface area contributed by atoms with Crippen molar-refractivity contribution >= 4 is 21.8 Å². The van der Waals surface area contributed by atoms with Gasteiger partial charge in [-0.05, 0) is 38.1 Å². The summed E-state index contributed by atoms with van der Waals surface area (Å²) in [6.07, 6.45) is -0.949. The van der Waals surface area contributed by atoms with Crippen LogP contribution in [0.1, 0.15) is 40.1 Å². The number of ether oxygens (including phenoxy) is 1. The van der Waals surface area contributed by atoms with Gasteiger partial charge < -0.3 is 4.74 Å². The highest BCUT2D eigenvalue weighted by Gasteiger charge is 2.21. The van der Waals surface area contributed by atoms with Crippen LogP contribution in [-0.4, -0.2) is 32.8 Å². The number of carbonyl (C=O) groups excluding carboxylic acids is 2. The highest BCUT2D eigenvalue weighted by atomic mass is 32.2. The third-order valence-electron chi connectivity index (χ3n) is 3.72. The zero-order valence-electron chi connectivity index (χ0n) is 14.9. The number of nitrogens with one attached hydrogen (secondary N) is 1. The molecule has 2 aromatic rings. The molecule has 0 aliphatic rings. The summed E-state index contributed by atoms with van der Waals surface area (Å²) in [5, 5.41) is 0. The molecule has 0 bridgehead atoms. The number of esters is 1. The quantitative estimate of drug-likeness (QED) is 0.594. The lowest BCUT2D eigenvalue weighted by Crippen LogP contribution is -2.25. The van der Waals surface area contributed by atoms with Gasteiger partial charge in [-0.3, -0.25) is 4.79 Å². The Kier molecular flexibility index (Phi) is 6.28. The van der Waals surface area contributed by atoms with Gasteiger partial charge in [0.1, 0.15) is 0 Å². The summed E-state index contributed by atoms with van der Waals surface area (Å²) in [5.74, 6) is -0.991. The van der Waals surface area contributed by atoms with Gasteiger partial charge in [0.25, 0.3) is 0 Å². The molecule has 2 aromatic carbocycles. The van der Waals surface area contributed by atoms with Crippen LogP contribution in [0, 0.1) is 6.92 Å². The summed E-state index contributed by atoms with van der Waals surface area (Å²) in [6.45, 7) is 5.36. The first kappa shape index (κ1) is 19.8. The summed E-state index contributed by atoms with van der Waals surface area (Å²) < 4.78 is 31.3. The molecule has 0 saturated heterocycles. The van der Waals surface area contributed by atoms with Crippen molar-refractivity contribution in [2.24, 2.45) is 0 Å². The highest BCUT2D eigenvalue weighted by molar-refractivity contribution is 7.89. The maximum absolute atomic E-state index is 12.3. The first-order valence-electron chi connectivity index (χ1n) is 8.16. The number of hydrogen-bond donors (Lipinski definition) is 1. The van der Waals surface area contributed by atoms with Crippen LogP contribution in [0.3, 0.4) is 0 Å². The average molecular weight is 375 g/mol. The Morgan fingerprint density at radius 1 is 1.00 bits per heavy atom. The van der Waals surface area contributed by atoms with Crippen molar-refractivity contribution in [1.29, 1.82) is 0 Å². The van der Waals surface area contributed by atoms with Crippen molar-refractivity contribution in [3.05, 3.63) is 65.2 Å². The van der Waals surface area contributed by atoms with Crippen LogP contribution in [0.2, 0.25) is 0 Å². The molecule has 0 aliphatic carbocycles. The fourth-order valence-electron chi connectivity index (χ4n) is 2.28. The number of sulfonamides is 1. The van der Waals surface area contributed by atoms with E-state index in [9.17, 15) is 18.0 Å². The summed E-state index contributed by atoms with van der Waals surface area (Å²) >= 11 is 0. The summed E-state index contributed by atoms with van der Waals surface area (Å²) in [5.41, 5.74) is 1.66. The lowest BCUT2D eigenvalue weighted by Gasteiger charge is -2.13. The average Bonchev–Trinajstić information content (AvgIpc) is 2.61. The molecule has 0 amide bonds. The van der Waals surface area contributed by atoms with Crippen molar-refractivity contribution in [3.63, 3.8) is 0 Å². The Balaban J connectivity index is 2.07. The monoisotopic (exact) mass is 375 g/mol. The molecule has 2 rings (SSSR count). The second-order valence-corrected chi connectivity index (χ2v) is 7.57. The van der Waals surface area contributed by atoms with E-state index in [2.05, 4.69) is 4.72 Å². The maximum atomic E-state index is 12.3. The normalized spacial score (nSPS) is 12.4. The van der Waals surface area contributed by atoms with Crippen LogP contribution in [-0.2, 0) is 14.8 Å². The van der Waals surface area contributed by atoms with E-state index in [1.54, 1.807) is 19.1 Å². The first-order chi connectivity index (χ1) is 12.2. The number of carbonyl (C=O) groups is 2. The molecular formula is C19H21NO5S. The molecule has 26 heavy (non-hydrogen) atoms. The Morgan fingerprint density at radius 2 is 1.54 bits per heavy atom. The summed E-state index contributed by atoms with van der Waals surface area (Å²) in [4.78, 5) is 24.6. The molecule has 0 fully saturated rings. The van der Waals surface area contributed by atoms with E-state index in [0.29, 0.717) is 5.56 Å². The SMILES string of the molecule is CCNS(=O)(=O)c1ccc(C(=O)O[C@H](C)C(=O)c2ccc(C)cc2)cc1. The van der Waals surface area contributed by atoms with Gasteiger partial charge in [0, 0.05) is 12.1 Å². The van der Waals surface area contributed by atoms with E-state index in [4.69, 9.17) is 4.74 Å². The molecule has 138 valence electrons. The number of aryl methyl sites for hydroxylation is 1. The standard InChI is InChI=1S/C19H21NO5S/c1-4-20-26(23,24)17-11-9-16(10-12-17)19(22)25-14(3)18(21)15-7-5-13(2)6-8-15/h5-12,14,20H,4H2,1-3H3/t14-/m1/s1. The third kappa shape index (κ3) is 4.77. The van der Waals surface area contributed by atoms with Crippen LogP contribution in [0.15, 0.2) is 53.4 Å². The Hall–Kier alpha value is -2.51. The Labute approximate surface area is 153 Å². The molecule has 0 aromatic heterocycles. The Bertz CT molecular complexity index is 887. The largest absolute Gasteiger partial charge is 0.451 e. The third-order valence-corrected chi connectivity index (χ3v) is 5.29. The van der Waals surface area contributed by atoms with Crippen molar-refractivity contribution < 1.29 is 22.7 Å². The molecule has 1 N–H and O–H groups in total. The summed E-state index contributed by atoms with van der Waals surface area (Å²) in [7, 11) is -3.59. The Morgan fingerprint density at radius 3 is 2.08 bits per heavy atom. The van der Waals surface area contributed by atoms with Gasteiger partial charge in [-0.15, -0.1) is 0 Å². The number of ketones is 1. The maximum Gasteiger partial charge on any atom is 0.338 e. The molecular weight excluding hydrogens is 354 g/mol. The zero-order valence-corrected chi connectivity index (χ0v) is 15.7. The van der Waals surface area contributed by atoms with Gasteiger partial charge in [0.05, 0.1) is 10.5 Å². The van der Waals surface area contributed by atoms with Crippen molar-refractivity contribution in [1.82, 2.24) is 4.72 Å². The smallest absolute Gasteiger partial charge is 0.338 e. The zero-order chi connectivity index (χ0) is 19.3. The van der Waals surface area contributed by atoms with E-state index in [-0.39, 0.29) is 22.8 Å². The minimum Gasteiger partial charge on any atom is -0.451 e. The predicted octanol–water partition coefficient (Wildman–Crippen LogP) is 2.72. The minimum atomic E-state index is -3.59. The number of hydrogen-bond acceptors (Lipinski definition) is 5. The van der Waals surface area contributed by atoms with E-state index in [0.717, 1.165) is 5.56 Å². The van der Waals surface area contributed by atoms with Gasteiger partial charge in [-0.25, -0.2) is 17.9 Å². The molecule has 0 spiro atoms. The fraction of sp³-hybridized carbons (Fsp3) is 0.263. The van der Waals surface area contributed by atoms with Crippen molar-refractivity contribution in [2.45, 2.75) is 31.8 Å². The predicted molar refractivity (Wildman–Crippen MR) is 97.7 cm³/mol. The number of rotatable bonds is 7. The molecule has 1 atom stereocenters. The van der Waals surface area contributed by atoms with Gasteiger partial charge >= 0.3 is 5.97 Å². The van der Waals surface area contributed by atoms with E-state index < -0.39 is 22.1 Å². The van der Waals surface area contributed by atoms with E-state index in [1.807, 2.05) is 19.1 Å². The topological polar surface area (TPSA) is 89.5 Å². The van der Waals surface area contributed by atoms with Crippen molar-refractivity contribution in [2.75, 3.05) is 6.54 Å². The molecule has 0 saturated carbocycles. The van der Waals surface area contributed by atoms with Crippen LogP contribution in [0.5, 0.6) is 0 Å². The molecule has 7 heteroatoms. The second-order valence-electron chi connectivity index (χ2n) is 5.80. The van der Waals surface area contributed by atoms with Gasteiger partial charge in [0.2, 0.25) is 15.8 Å². The molecule has 0 unspecified atom stereocenters. The highest BCUT2D eigenvalue weighted by Crippen LogP contribution is 2.14. The molecule has 0 radical (unpaired) electrons. The minimum absolute atomic E-state index is 0.0553. The lowest BCUT2D eigenvalue weighted by molar-refractivity contribution is 0.0318. The number of benzene rings is 2. The fourth-order valence-corrected chi connectivity index (χ4v) is 3.32.